The molecule has 3 rings (SSSR count). The number of rotatable bonds is 6. The zero-order chi connectivity index (χ0) is 16.2. The van der Waals surface area contributed by atoms with Crippen molar-refractivity contribution in [1.29, 1.82) is 0 Å². The molecule has 0 amide bonds. The fourth-order valence-corrected chi connectivity index (χ4v) is 2.57. The van der Waals surface area contributed by atoms with Crippen LogP contribution in [0.5, 0.6) is 0 Å². The molecule has 0 fully saturated rings. The standard InChI is InChI=1S/C18H21N3O2/c1-12-6-7-14(23-12)11-20-18-13(8-9-22-2)10-15-16(19)4-3-5-17(15)21-18/h3-7,10H,8-9,11,19H2,1-2H3,(H,20,21). The molecule has 3 aromatic rings. The van der Waals surface area contributed by atoms with E-state index in [2.05, 4.69) is 11.4 Å². The van der Waals surface area contributed by atoms with Crippen molar-refractivity contribution in [3.63, 3.8) is 0 Å². The highest BCUT2D eigenvalue weighted by Crippen LogP contribution is 2.25. The summed E-state index contributed by atoms with van der Waals surface area (Å²) in [5.74, 6) is 2.63. The van der Waals surface area contributed by atoms with Gasteiger partial charge in [0, 0.05) is 18.2 Å². The summed E-state index contributed by atoms with van der Waals surface area (Å²) in [6, 6.07) is 11.8. The number of nitrogens with one attached hydrogen (secondary N) is 1. The summed E-state index contributed by atoms with van der Waals surface area (Å²) >= 11 is 0. The molecule has 5 heteroatoms. The van der Waals surface area contributed by atoms with E-state index in [1.807, 2.05) is 37.3 Å². The molecule has 2 aromatic heterocycles. The lowest BCUT2D eigenvalue weighted by atomic mass is 10.1. The maximum absolute atomic E-state index is 6.06. The lowest BCUT2D eigenvalue weighted by molar-refractivity contribution is 0.202. The van der Waals surface area contributed by atoms with Gasteiger partial charge in [-0.25, -0.2) is 4.98 Å². The van der Waals surface area contributed by atoms with Crippen molar-refractivity contribution in [1.82, 2.24) is 4.98 Å². The smallest absolute Gasteiger partial charge is 0.130 e. The molecule has 0 radical (unpaired) electrons. The van der Waals surface area contributed by atoms with Crippen LogP contribution >= 0.6 is 0 Å². The maximum Gasteiger partial charge on any atom is 0.130 e. The number of aryl methyl sites for hydroxylation is 1. The van der Waals surface area contributed by atoms with Crippen molar-refractivity contribution in [3.8, 4) is 0 Å². The lowest BCUT2D eigenvalue weighted by Gasteiger charge is -2.13. The first-order valence-electron chi connectivity index (χ1n) is 7.63. The first-order chi connectivity index (χ1) is 11.2. The Labute approximate surface area is 135 Å². The molecule has 23 heavy (non-hydrogen) atoms. The topological polar surface area (TPSA) is 73.3 Å². The molecule has 120 valence electrons. The predicted molar refractivity (Wildman–Crippen MR) is 92.5 cm³/mol. The molecule has 0 saturated carbocycles. The molecule has 0 atom stereocenters. The zero-order valence-electron chi connectivity index (χ0n) is 13.4. The average molecular weight is 311 g/mol. The third-order valence-corrected chi connectivity index (χ3v) is 3.77. The summed E-state index contributed by atoms with van der Waals surface area (Å²) in [5, 5.41) is 4.33. The second-order valence-electron chi connectivity index (χ2n) is 5.52. The Kier molecular flexibility index (Phi) is 4.48. The maximum atomic E-state index is 6.06. The first kappa shape index (κ1) is 15.4. The number of nitrogens with two attached hydrogens (primary N) is 1. The highest BCUT2D eigenvalue weighted by molar-refractivity contribution is 5.92. The fourth-order valence-electron chi connectivity index (χ4n) is 2.57. The quantitative estimate of drug-likeness (QED) is 0.681. The van der Waals surface area contributed by atoms with Crippen LogP contribution in [0.3, 0.4) is 0 Å². The highest BCUT2D eigenvalue weighted by Gasteiger charge is 2.09. The van der Waals surface area contributed by atoms with Crippen LogP contribution in [0.2, 0.25) is 0 Å². The number of nitrogens with zero attached hydrogens (tertiary/aromatic N) is 1. The highest BCUT2D eigenvalue weighted by atomic mass is 16.5. The molecule has 2 heterocycles. The lowest BCUT2D eigenvalue weighted by Crippen LogP contribution is -2.07. The van der Waals surface area contributed by atoms with Crippen molar-refractivity contribution >= 4 is 22.4 Å². The van der Waals surface area contributed by atoms with Crippen LogP contribution in [0.1, 0.15) is 17.1 Å². The van der Waals surface area contributed by atoms with Crippen molar-refractivity contribution in [2.24, 2.45) is 0 Å². The molecule has 0 aliphatic carbocycles. The van der Waals surface area contributed by atoms with Gasteiger partial charge in [0.1, 0.15) is 17.3 Å². The van der Waals surface area contributed by atoms with E-state index in [1.165, 1.54) is 0 Å². The van der Waals surface area contributed by atoms with E-state index in [0.29, 0.717) is 13.2 Å². The van der Waals surface area contributed by atoms with Gasteiger partial charge in [-0.3, -0.25) is 0 Å². The van der Waals surface area contributed by atoms with Crippen LogP contribution in [0, 0.1) is 6.92 Å². The predicted octanol–water partition coefficient (Wildman–Crippen LogP) is 3.52. The van der Waals surface area contributed by atoms with Gasteiger partial charge in [0.15, 0.2) is 0 Å². The summed E-state index contributed by atoms with van der Waals surface area (Å²) in [5.41, 5.74) is 8.77. The number of aromatic nitrogens is 1. The molecule has 3 N–H and O–H groups in total. The van der Waals surface area contributed by atoms with E-state index in [0.717, 1.165) is 45.9 Å². The van der Waals surface area contributed by atoms with Crippen molar-refractivity contribution in [2.45, 2.75) is 19.9 Å². The van der Waals surface area contributed by atoms with E-state index in [9.17, 15) is 0 Å². The molecule has 0 saturated heterocycles. The Morgan fingerprint density at radius 1 is 1.26 bits per heavy atom. The van der Waals surface area contributed by atoms with Crippen LogP contribution < -0.4 is 11.1 Å². The van der Waals surface area contributed by atoms with Crippen LogP contribution in [0.4, 0.5) is 11.5 Å². The number of ether oxygens (including phenoxy) is 1. The van der Waals surface area contributed by atoms with E-state index >= 15 is 0 Å². The number of nitrogen functional groups attached to an aromatic ring is 1. The third-order valence-electron chi connectivity index (χ3n) is 3.77. The van der Waals surface area contributed by atoms with Crippen molar-refractivity contribution in [2.75, 3.05) is 24.8 Å². The van der Waals surface area contributed by atoms with Gasteiger partial charge in [-0.1, -0.05) is 6.07 Å². The van der Waals surface area contributed by atoms with E-state index in [4.69, 9.17) is 19.9 Å². The molecule has 0 aliphatic heterocycles. The number of fused-ring (bicyclic) bond motifs is 1. The average Bonchev–Trinajstić information content (AvgIpc) is 2.96. The number of hydrogen-bond donors (Lipinski definition) is 2. The fraction of sp³-hybridized carbons (Fsp3) is 0.278. The summed E-state index contributed by atoms with van der Waals surface area (Å²) < 4.78 is 10.8. The molecule has 0 bridgehead atoms. The van der Waals surface area contributed by atoms with Gasteiger partial charge in [0.25, 0.3) is 0 Å². The van der Waals surface area contributed by atoms with E-state index < -0.39 is 0 Å². The van der Waals surface area contributed by atoms with Gasteiger partial charge in [-0.15, -0.1) is 0 Å². The van der Waals surface area contributed by atoms with Gasteiger partial charge >= 0.3 is 0 Å². The minimum atomic E-state index is 0.592. The normalized spacial score (nSPS) is 11.0. The second kappa shape index (κ2) is 6.71. The number of benzene rings is 1. The van der Waals surface area contributed by atoms with Crippen LogP contribution in [-0.2, 0) is 17.7 Å². The number of methoxy groups -OCH3 is 1. The van der Waals surface area contributed by atoms with Gasteiger partial charge in [0.2, 0.25) is 0 Å². The summed E-state index contributed by atoms with van der Waals surface area (Å²) in [6.45, 7) is 3.16. The SMILES string of the molecule is COCCc1cc2c(N)cccc2nc1NCc1ccc(C)o1. The Morgan fingerprint density at radius 2 is 2.13 bits per heavy atom. The van der Waals surface area contributed by atoms with E-state index in [-0.39, 0.29) is 0 Å². The van der Waals surface area contributed by atoms with Gasteiger partial charge < -0.3 is 20.2 Å². The number of pyridine rings is 1. The molecule has 0 spiro atoms. The van der Waals surface area contributed by atoms with E-state index in [1.54, 1.807) is 7.11 Å². The molecular formula is C18H21N3O2. The Balaban J connectivity index is 1.92. The molecule has 1 aromatic carbocycles. The third kappa shape index (κ3) is 3.46. The molecule has 5 nitrogen and oxygen atoms in total. The van der Waals surface area contributed by atoms with Crippen molar-refractivity contribution < 1.29 is 9.15 Å². The van der Waals surface area contributed by atoms with Crippen LogP contribution in [-0.4, -0.2) is 18.7 Å². The Morgan fingerprint density at radius 3 is 2.87 bits per heavy atom. The first-order valence-corrected chi connectivity index (χ1v) is 7.63. The van der Waals surface area contributed by atoms with Gasteiger partial charge in [-0.2, -0.15) is 0 Å². The van der Waals surface area contributed by atoms with Crippen molar-refractivity contribution in [3.05, 3.63) is 53.5 Å². The minimum absolute atomic E-state index is 0.592. The van der Waals surface area contributed by atoms with Gasteiger partial charge in [-0.05, 0) is 49.2 Å². The van der Waals surface area contributed by atoms with Crippen LogP contribution in [0.15, 0.2) is 40.8 Å². The Bertz CT molecular complexity index is 811. The minimum Gasteiger partial charge on any atom is -0.465 e. The largest absolute Gasteiger partial charge is 0.465 e. The van der Waals surface area contributed by atoms with Crippen LogP contribution in [0.25, 0.3) is 10.9 Å². The Hall–Kier alpha value is -2.53. The molecule has 0 aliphatic rings. The summed E-state index contributed by atoms with van der Waals surface area (Å²) in [6.07, 6.45) is 0.771. The summed E-state index contributed by atoms with van der Waals surface area (Å²) in [7, 11) is 1.70. The number of anilines is 2. The second-order valence-corrected chi connectivity index (χ2v) is 5.52. The molecular weight excluding hydrogens is 290 g/mol. The number of furan rings is 1. The summed E-state index contributed by atoms with van der Waals surface area (Å²) in [4.78, 5) is 4.72. The number of hydrogen-bond acceptors (Lipinski definition) is 5. The van der Waals surface area contributed by atoms with Gasteiger partial charge in [0.05, 0.1) is 18.7 Å². The molecule has 0 unspecified atom stereocenters. The monoisotopic (exact) mass is 311 g/mol. The zero-order valence-corrected chi connectivity index (χ0v) is 13.4.